The molecule has 0 aliphatic heterocycles. The van der Waals surface area contributed by atoms with Gasteiger partial charge in [0, 0.05) is 0 Å². The molecule has 0 heterocycles. The van der Waals surface area contributed by atoms with Gasteiger partial charge in [-0.15, -0.1) is 0 Å². The molecule has 4 aliphatic carbocycles. The van der Waals surface area contributed by atoms with Crippen molar-refractivity contribution in [3.05, 3.63) is 12.2 Å². The molecule has 0 spiro atoms. The Morgan fingerprint density at radius 3 is 2.06 bits per heavy atom. The first-order valence-electron chi connectivity index (χ1n) is 13.8. The molecule has 4 aliphatic rings. The topological polar surface area (TPSA) is 60.7 Å². The highest BCUT2D eigenvalue weighted by molar-refractivity contribution is 5.18. The molecule has 3 nitrogen and oxygen atoms in total. The van der Waals surface area contributed by atoms with Crippen LogP contribution in [0.15, 0.2) is 12.2 Å². The SMILES string of the molecule is CC(C)(O)C=CC[C@](C)(O)[C@H]1CC[C@]2(C)[C@@H]1CC[C@@H]1[C@@]3(C)CC[C@H](O)C(C)(C)[C@@H]3CC[C@]12C. The van der Waals surface area contributed by atoms with E-state index in [0.717, 1.165) is 19.3 Å². The van der Waals surface area contributed by atoms with Gasteiger partial charge in [0.1, 0.15) is 0 Å². The second-order valence-corrected chi connectivity index (χ2v) is 14.8. The smallest absolute Gasteiger partial charge is 0.0771 e. The van der Waals surface area contributed by atoms with Crippen molar-refractivity contribution in [2.24, 2.45) is 45.3 Å². The van der Waals surface area contributed by atoms with Crippen LogP contribution in [0, 0.1) is 45.3 Å². The summed E-state index contributed by atoms with van der Waals surface area (Å²) in [6.07, 6.45) is 13.7. The number of fused-ring (bicyclic) bond motifs is 5. The Kier molecular flexibility index (Phi) is 6.08. The van der Waals surface area contributed by atoms with Crippen LogP contribution in [-0.4, -0.2) is 32.6 Å². The minimum Gasteiger partial charge on any atom is -0.393 e. The molecule has 0 bridgehead atoms. The molecule has 4 fully saturated rings. The Morgan fingerprint density at radius 2 is 1.42 bits per heavy atom. The molecule has 3 heteroatoms. The lowest BCUT2D eigenvalue weighted by atomic mass is 9.35. The van der Waals surface area contributed by atoms with Crippen molar-refractivity contribution in [2.75, 3.05) is 0 Å². The Morgan fingerprint density at radius 1 is 0.788 bits per heavy atom. The van der Waals surface area contributed by atoms with E-state index in [1.807, 2.05) is 19.1 Å². The van der Waals surface area contributed by atoms with E-state index < -0.39 is 11.2 Å². The quantitative estimate of drug-likeness (QED) is 0.420. The van der Waals surface area contributed by atoms with Crippen molar-refractivity contribution in [1.82, 2.24) is 0 Å². The number of aliphatic hydroxyl groups is 3. The maximum atomic E-state index is 11.6. The van der Waals surface area contributed by atoms with Crippen molar-refractivity contribution < 1.29 is 15.3 Å². The highest BCUT2D eigenvalue weighted by Crippen LogP contribution is 2.75. The highest BCUT2D eigenvalue weighted by Gasteiger charge is 2.69. The van der Waals surface area contributed by atoms with Gasteiger partial charge in [0.15, 0.2) is 0 Å². The predicted octanol–water partition coefficient (Wildman–Crippen LogP) is 6.50. The number of rotatable bonds is 4. The van der Waals surface area contributed by atoms with Gasteiger partial charge >= 0.3 is 0 Å². The van der Waals surface area contributed by atoms with Crippen molar-refractivity contribution in [1.29, 1.82) is 0 Å². The summed E-state index contributed by atoms with van der Waals surface area (Å²) in [7, 11) is 0. The van der Waals surface area contributed by atoms with Crippen molar-refractivity contribution >= 4 is 0 Å². The first kappa shape index (κ1) is 25.7. The van der Waals surface area contributed by atoms with Crippen molar-refractivity contribution in [2.45, 2.75) is 130 Å². The lowest BCUT2D eigenvalue weighted by Crippen LogP contribution is -2.64. The molecule has 0 radical (unpaired) electrons. The van der Waals surface area contributed by atoms with Crippen LogP contribution in [0.3, 0.4) is 0 Å². The van der Waals surface area contributed by atoms with E-state index in [0.29, 0.717) is 40.9 Å². The molecule has 0 saturated heterocycles. The minimum atomic E-state index is -0.832. The van der Waals surface area contributed by atoms with Crippen molar-refractivity contribution in [3.63, 3.8) is 0 Å². The van der Waals surface area contributed by atoms with Gasteiger partial charge in [-0.25, -0.2) is 0 Å². The van der Waals surface area contributed by atoms with Crippen LogP contribution in [0.2, 0.25) is 0 Å². The van der Waals surface area contributed by atoms with E-state index >= 15 is 0 Å². The lowest BCUT2D eigenvalue weighted by Gasteiger charge is -2.70. The number of hydrogen-bond acceptors (Lipinski definition) is 3. The van der Waals surface area contributed by atoms with Gasteiger partial charge in [-0.05, 0) is 124 Å². The van der Waals surface area contributed by atoms with Gasteiger partial charge in [-0.2, -0.15) is 0 Å². The minimum absolute atomic E-state index is 0.000777. The number of hydrogen-bond donors (Lipinski definition) is 3. The molecule has 0 unspecified atom stereocenters. The summed E-state index contributed by atoms with van der Waals surface area (Å²) >= 11 is 0. The summed E-state index contributed by atoms with van der Waals surface area (Å²) in [6.45, 7) is 18.0. The van der Waals surface area contributed by atoms with Crippen LogP contribution in [0.1, 0.15) is 113 Å². The Labute approximate surface area is 203 Å². The van der Waals surface area contributed by atoms with Crippen LogP contribution >= 0.6 is 0 Å². The summed E-state index contributed by atoms with van der Waals surface area (Å²) in [5, 5.41) is 32.5. The summed E-state index contributed by atoms with van der Waals surface area (Å²) in [5.74, 6) is 2.18. The van der Waals surface area contributed by atoms with E-state index in [4.69, 9.17) is 0 Å². The van der Waals surface area contributed by atoms with Crippen LogP contribution in [-0.2, 0) is 0 Å². The third-order valence-corrected chi connectivity index (χ3v) is 12.2. The van der Waals surface area contributed by atoms with E-state index in [9.17, 15) is 15.3 Å². The molecule has 9 atom stereocenters. The van der Waals surface area contributed by atoms with E-state index in [-0.39, 0.29) is 16.9 Å². The van der Waals surface area contributed by atoms with E-state index in [1.165, 1.54) is 32.1 Å². The van der Waals surface area contributed by atoms with E-state index in [2.05, 4.69) is 34.6 Å². The zero-order valence-electron chi connectivity index (χ0n) is 22.7. The van der Waals surface area contributed by atoms with Gasteiger partial charge in [0.2, 0.25) is 0 Å². The molecule has 0 aromatic heterocycles. The maximum Gasteiger partial charge on any atom is 0.0771 e. The largest absolute Gasteiger partial charge is 0.393 e. The molecule has 0 aromatic rings. The Balaban J connectivity index is 1.61. The predicted molar refractivity (Wildman–Crippen MR) is 136 cm³/mol. The normalized spacial score (nSPS) is 49.2. The summed E-state index contributed by atoms with van der Waals surface area (Å²) in [4.78, 5) is 0. The van der Waals surface area contributed by atoms with Gasteiger partial charge in [0.05, 0.1) is 17.3 Å². The summed E-state index contributed by atoms with van der Waals surface area (Å²) in [6, 6.07) is 0. The van der Waals surface area contributed by atoms with Gasteiger partial charge in [-0.1, -0.05) is 46.8 Å². The maximum absolute atomic E-state index is 11.6. The molecule has 4 saturated carbocycles. The molecule has 4 rings (SSSR count). The van der Waals surface area contributed by atoms with Crippen LogP contribution in [0.4, 0.5) is 0 Å². The molecule has 0 amide bonds. The second-order valence-electron chi connectivity index (χ2n) is 14.8. The second kappa shape index (κ2) is 7.81. The fraction of sp³-hybridized carbons (Fsp3) is 0.933. The first-order chi connectivity index (χ1) is 15.0. The van der Waals surface area contributed by atoms with Gasteiger partial charge in [0.25, 0.3) is 0 Å². The highest BCUT2D eigenvalue weighted by atomic mass is 16.3. The summed E-state index contributed by atoms with van der Waals surface area (Å²) < 4.78 is 0. The third-order valence-electron chi connectivity index (χ3n) is 12.2. The molecule has 190 valence electrons. The summed E-state index contributed by atoms with van der Waals surface area (Å²) in [5.41, 5.74) is -0.695. The molecule has 3 N–H and O–H groups in total. The van der Waals surface area contributed by atoms with Gasteiger partial charge in [-0.3, -0.25) is 0 Å². The molecular formula is C30H52O3. The first-order valence-corrected chi connectivity index (χ1v) is 13.8. The average molecular weight is 461 g/mol. The fourth-order valence-electron chi connectivity index (χ4n) is 10.2. The van der Waals surface area contributed by atoms with Gasteiger partial charge < -0.3 is 15.3 Å². The third kappa shape index (κ3) is 3.78. The average Bonchev–Trinajstić information content (AvgIpc) is 3.03. The Hall–Kier alpha value is -0.380. The van der Waals surface area contributed by atoms with E-state index in [1.54, 1.807) is 13.8 Å². The zero-order chi connectivity index (χ0) is 24.7. The van der Waals surface area contributed by atoms with Crippen LogP contribution < -0.4 is 0 Å². The standard InChI is InChI=1S/C30H52O3/c1-25(2,32)15-9-16-30(8,33)21-12-18-28(6)20(21)10-11-23-27(5)17-14-24(31)26(3,4)22(27)13-19-29(23,28)7/h9,15,20-24,31-33H,10-14,16-19H2,1-8H3/t20-,21+,22+,23-,24+,27+,28-,29-,30+/m1/s1. The molecule has 0 aromatic carbocycles. The lowest BCUT2D eigenvalue weighted by molar-refractivity contribution is -0.224. The number of aliphatic hydroxyl groups excluding tert-OH is 1. The molecule has 33 heavy (non-hydrogen) atoms. The van der Waals surface area contributed by atoms with Crippen LogP contribution in [0.5, 0.6) is 0 Å². The molecular weight excluding hydrogens is 408 g/mol. The van der Waals surface area contributed by atoms with Crippen molar-refractivity contribution in [3.8, 4) is 0 Å². The zero-order valence-corrected chi connectivity index (χ0v) is 22.7. The van der Waals surface area contributed by atoms with Crippen LogP contribution in [0.25, 0.3) is 0 Å². The Bertz CT molecular complexity index is 776. The fourth-order valence-corrected chi connectivity index (χ4v) is 10.2. The monoisotopic (exact) mass is 460 g/mol.